The molecule has 7 heteroatoms. The lowest BCUT2D eigenvalue weighted by molar-refractivity contribution is 0.583. The third-order valence-electron chi connectivity index (χ3n) is 2.22. The second-order valence-electron chi connectivity index (χ2n) is 3.47. The number of thiophene rings is 1. The van der Waals surface area contributed by atoms with Crippen LogP contribution in [-0.4, -0.2) is 8.42 Å². The Morgan fingerprint density at radius 3 is 2.56 bits per heavy atom. The van der Waals surface area contributed by atoms with Gasteiger partial charge in [0.15, 0.2) is 0 Å². The lowest BCUT2D eigenvalue weighted by Gasteiger charge is -2.06. The molecule has 2 aromatic rings. The van der Waals surface area contributed by atoms with Gasteiger partial charge in [-0.3, -0.25) is 0 Å². The maximum absolute atomic E-state index is 12.0. The van der Waals surface area contributed by atoms with Crippen LogP contribution in [0, 0.1) is 0 Å². The first-order valence-electron chi connectivity index (χ1n) is 4.97. The zero-order valence-electron chi connectivity index (χ0n) is 9.06. The second-order valence-corrected chi connectivity index (χ2v) is 8.04. The Balaban J connectivity index is 2.13. The van der Waals surface area contributed by atoms with Gasteiger partial charge in [-0.25, -0.2) is 13.1 Å². The highest BCUT2D eigenvalue weighted by Crippen LogP contribution is 2.25. The fourth-order valence-electron chi connectivity index (χ4n) is 1.33. The SMILES string of the molecule is O=S(=O)(NCc1ccccc1Br)c1ccc(Cl)s1. The molecule has 0 bridgehead atoms. The van der Waals surface area contributed by atoms with Crippen LogP contribution >= 0.6 is 38.9 Å². The summed E-state index contributed by atoms with van der Waals surface area (Å²) in [7, 11) is -3.49. The van der Waals surface area contributed by atoms with Crippen LogP contribution in [0.15, 0.2) is 45.1 Å². The molecule has 0 saturated heterocycles. The topological polar surface area (TPSA) is 46.2 Å². The fourth-order valence-corrected chi connectivity index (χ4v) is 4.29. The van der Waals surface area contributed by atoms with E-state index in [9.17, 15) is 8.42 Å². The van der Waals surface area contributed by atoms with Gasteiger partial charge in [0.25, 0.3) is 0 Å². The third-order valence-corrected chi connectivity index (χ3v) is 6.12. The molecule has 1 heterocycles. The number of rotatable bonds is 4. The van der Waals surface area contributed by atoms with Crippen LogP contribution in [0.1, 0.15) is 5.56 Å². The van der Waals surface area contributed by atoms with Crippen LogP contribution in [0.4, 0.5) is 0 Å². The molecular weight excluding hydrogens is 358 g/mol. The zero-order chi connectivity index (χ0) is 13.2. The van der Waals surface area contributed by atoms with Gasteiger partial charge in [0.2, 0.25) is 10.0 Å². The van der Waals surface area contributed by atoms with Crippen LogP contribution < -0.4 is 4.72 Å². The Hall–Kier alpha value is -0.400. The monoisotopic (exact) mass is 365 g/mol. The van der Waals surface area contributed by atoms with E-state index < -0.39 is 10.0 Å². The van der Waals surface area contributed by atoms with Crippen molar-refractivity contribution >= 4 is 48.9 Å². The lowest BCUT2D eigenvalue weighted by Crippen LogP contribution is -2.22. The first kappa shape index (κ1) is 14.0. The Kier molecular flexibility index (Phi) is 4.45. The second kappa shape index (κ2) is 5.71. The molecule has 0 aliphatic carbocycles. The van der Waals surface area contributed by atoms with Gasteiger partial charge in [0.1, 0.15) is 4.21 Å². The molecule has 18 heavy (non-hydrogen) atoms. The molecule has 0 saturated carbocycles. The summed E-state index contributed by atoms with van der Waals surface area (Å²) < 4.78 is 28.0. The first-order chi connectivity index (χ1) is 8.49. The van der Waals surface area contributed by atoms with Gasteiger partial charge >= 0.3 is 0 Å². The smallest absolute Gasteiger partial charge is 0.206 e. The minimum absolute atomic E-state index is 0.222. The van der Waals surface area contributed by atoms with E-state index in [-0.39, 0.29) is 10.8 Å². The largest absolute Gasteiger partial charge is 0.250 e. The third kappa shape index (κ3) is 3.33. The quantitative estimate of drug-likeness (QED) is 0.898. The van der Waals surface area contributed by atoms with Crippen LogP contribution in [0.3, 0.4) is 0 Å². The fraction of sp³-hybridized carbons (Fsp3) is 0.0909. The van der Waals surface area contributed by atoms with E-state index >= 15 is 0 Å². The summed E-state index contributed by atoms with van der Waals surface area (Å²) in [5.41, 5.74) is 0.878. The molecule has 0 atom stereocenters. The van der Waals surface area contributed by atoms with Gasteiger partial charge in [-0.2, -0.15) is 0 Å². The van der Waals surface area contributed by atoms with Gasteiger partial charge < -0.3 is 0 Å². The van der Waals surface area contributed by atoms with Crippen molar-refractivity contribution in [3.8, 4) is 0 Å². The summed E-state index contributed by atoms with van der Waals surface area (Å²) in [5, 5.41) is 0. The molecule has 3 nitrogen and oxygen atoms in total. The molecule has 0 spiro atoms. The predicted molar refractivity (Wildman–Crippen MR) is 77.5 cm³/mol. The van der Waals surface area contributed by atoms with Crippen LogP contribution in [-0.2, 0) is 16.6 Å². The van der Waals surface area contributed by atoms with Crippen molar-refractivity contribution in [2.24, 2.45) is 0 Å². The summed E-state index contributed by atoms with van der Waals surface area (Å²) in [5.74, 6) is 0. The van der Waals surface area contributed by atoms with Gasteiger partial charge in [-0.05, 0) is 23.8 Å². The molecule has 0 unspecified atom stereocenters. The van der Waals surface area contributed by atoms with E-state index in [1.54, 1.807) is 6.07 Å². The van der Waals surface area contributed by atoms with Crippen molar-refractivity contribution in [3.05, 3.63) is 50.8 Å². The van der Waals surface area contributed by atoms with E-state index in [0.29, 0.717) is 4.34 Å². The Bertz CT molecular complexity index is 655. The molecule has 0 amide bonds. The lowest BCUT2D eigenvalue weighted by atomic mass is 10.2. The molecule has 0 aliphatic heterocycles. The van der Waals surface area contributed by atoms with Crippen LogP contribution in [0.25, 0.3) is 0 Å². The molecule has 0 radical (unpaired) electrons. The minimum Gasteiger partial charge on any atom is -0.206 e. The highest BCUT2D eigenvalue weighted by molar-refractivity contribution is 9.10. The molecule has 1 aromatic heterocycles. The highest BCUT2D eigenvalue weighted by atomic mass is 79.9. The van der Waals surface area contributed by atoms with E-state index in [0.717, 1.165) is 21.4 Å². The summed E-state index contributed by atoms with van der Waals surface area (Å²) in [6.45, 7) is 0.235. The van der Waals surface area contributed by atoms with E-state index in [2.05, 4.69) is 20.7 Å². The number of sulfonamides is 1. The van der Waals surface area contributed by atoms with Gasteiger partial charge in [0, 0.05) is 11.0 Å². The molecular formula is C11H9BrClNO2S2. The predicted octanol–water partition coefficient (Wildman–Crippen LogP) is 3.64. The van der Waals surface area contributed by atoms with E-state index in [1.807, 2.05) is 24.3 Å². The molecule has 1 aromatic carbocycles. The zero-order valence-corrected chi connectivity index (χ0v) is 13.0. The van der Waals surface area contributed by atoms with Gasteiger partial charge in [0.05, 0.1) is 4.34 Å². The van der Waals surface area contributed by atoms with E-state index in [4.69, 9.17) is 11.6 Å². The number of nitrogens with one attached hydrogen (secondary N) is 1. The van der Waals surface area contributed by atoms with Crippen molar-refractivity contribution in [1.29, 1.82) is 0 Å². The Labute approximate surface area is 123 Å². The molecule has 1 N–H and O–H groups in total. The summed E-state index contributed by atoms with van der Waals surface area (Å²) >= 11 is 10.1. The van der Waals surface area contributed by atoms with Crippen LogP contribution in [0.5, 0.6) is 0 Å². The van der Waals surface area contributed by atoms with Crippen molar-refractivity contribution in [1.82, 2.24) is 4.72 Å². The highest BCUT2D eigenvalue weighted by Gasteiger charge is 2.16. The minimum atomic E-state index is -3.49. The van der Waals surface area contributed by atoms with Gasteiger partial charge in [-0.15, -0.1) is 11.3 Å². The first-order valence-corrected chi connectivity index (χ1v) is 8.44. The van der Waals surface area contributed by atoms with Gasteiger partial charge in [-0.1, -0.05) is 45.7 Å². The number of benzene rings is 1. The van der Waals surface area contributed by atoms with Crippen molar-refractivity contribution in [3.63, 3.8) is 0 Å². The van der Waals surface area contributed by atoms with Crippen molar-refractivity contribution in [2.75, 3.05) is 0 Å². The number of halogens is 2. The molecule has 0 aliphatic rings. The summed E-state index contributed by atoms with van der Waals surface area (Å²) in [6, 6.07) is 10.5. The average molecular weight is 367 g/mol. The van der Waals surface area contributed by atoms with Crippen molar-refractivity contribution < 1.29 is 8.42 Å². The van der Waals surface area contributed by atoms with Crippen molar-refractivity contribution in [2.45, 2.75) is 10.8 Å². The number of hydrogen-bond acceptors (Lipinski definition) is 3. The Morgan fingerprint density at radius 2 is 1.94 bits per heavy atom. The standard InChI is InChI=1S/C11H9BrClNO2S2/c12-9-4-2-1-3-8(9)7-14-18(15,16)11-6-5-10(13)17-11/h1-6,14H,7H2. The molecule has 96 valence electrons. The average Bonchev–Trinajstić information content (AvgIpc) is 2.76. The van der Waals surface area contributed by atoms with E-state index in [1.165, 1.54) is 6.07 Å². The number of hydrogen-bond donors (Lipinski definition) is 1. The normalized spacial score (nSPS) is 11.7. The molecule has 0 fully saturated rings. The Morgan fingerprint density at radius 1 is 1.22 bits per heavy atom. The summed E-state index contributed by atoms with van der Waals surface area (Å²) in [6.07, 6.45) is 0. The molecule has 2 rings (SSSR count). The maximum atomic E-state index is 12.0. The maximum Gasteiger partial charge on any atom is 0.250 e. The summed E-state index contributed by atoms with van der Waals surface area (Å²) in [4.78, 5) is 0. The van der Waals surface area contributed by atoms with Crippen LogP contribution in [0.2, 0.25) is 4.34 Å².